The highest BCUT2D eigenvalue weighted by molar-refractivity contribution is 5.76. The Morgan fingerprint density at radius 1 is 1.52 bits per heavy atom. The number of aliphatic hydroxyl groups is 1. The number of carbonyl (C=O) groups excluding carboxylic acids is 1. The van der Waals surface area contributed by atoms with E-state index in [2.05, 4.69) is 10.1 Å². The molecule has 1 atom stereocenters. The van der Waals surface area contributed by atoms with E-state index in [1.54, 1.807) is 31.0 Å². The quantitative estimate of drug-likeness (QED) is 0.831. The van der Waals surface area contributed by atoms with Gasteiger partial charge in [-0.2, -0.15) is 4.98 Å². The van der Waals surface area contributed by atoms with Crippen molar-refractivity contribution in [1.82, 2.24) is 15.0 Å². The highest BCUT2D eigenvalue weighted by Gasteiger charge is 2.14. The van der Waals surface area contributed by atoms with Crippen LogP contribution in [0, 0.1) is 0 Å². The molecule has 2 aromatic heterocycles. The summed E-state index contributed by atoms with van der Waals surface area (Å²) in [7, 11) is 1.72. The summed E-state index contributed by atoms with van der Waals surface area (Å²) in [5.41, 5.74) is 0. The number of aryl methyl sites for hydroxylation is 1. The molecule has 0 saturated heterocycles. The molecule has 1 amide bonds. The van der Waals surface area contributed by atoms with Crippen LogP contribution in [0.4, 0.5) is 0 Å². The van der Waals surface area contributed by atoms with E-state index < -0.39 is 6.10 Å². The second kappa shape index (κ2) is 7.03. The molecule has 0 aromatic carbocycles. The Kier molecular flexibility index (Phi) is 5.10. The lowest BCUT2D eigenvalue weighted by Gasteiger charge is -2.17. The molecule has 0 bridgehead atoms. The Labute approximate surface area is 122 Å². The van der Waals surface area contributed by atoms with Crippen molar-refractivity contribution in [3.63, 3.8) is 0 Å². The molecular weight excluding hydrogens is 274 g/mol. The minimum Gasteiger partial charge on any atom is -0.461 e. The van der Waals surface area contributed by atoms with E-state index >= 15 is 0 Å². The molecule has 1 unspecified atom stereocenters. The zero-order valence-electron chi connectivity index (χ0n) is 12.2. The first-order valence-electron chi connectivity index (χ1n) is 6.84. The Morgan fingerprint density at radius 2 is 2.33 bits per heavy atom. The number of rotatable bonds is 7. The highest BCUT2D eigenvalue weighted by atomic mass is 16.5. The van der Waals surface area contributed by atoms with Gasteiger partial charge in [0.1, 0.15) is 0 Å². The first-order valence-corrected chi connectivity index (χ1v) is 6.84. The predicted octanol–water partition coefficient (Wildman–Crippen LogP) is 1.49. The maximum Gasteiger partial charge on any atom is 0.238 e. The van der Waals surface area contributed by atoms with Gasteiger partial charge < -0.3 is 18.9 Å². The largest absolute Gasteiger partial charge is 0.461 e. The summed E-state index contributed by atoms with van der Waals surface area (Å²) in [6.45, 7) is 2.23. The lowest BCUT2D eigenvalue weighted by molar-refractivity contribution is -0.130. The zero-order chi connectivity index (χ0) is 15.2. The van der Waals surface area contributed by atoms with Crippen LogP contribution in [-0.2, 0) is 11.2 Å². The molecule has 0 spiro atoms. The predicted molar refractivity (Wildman–Crippen MR) is 74.3 cm³/mol. The molecule has 2 heterocycles. The topological polar surface area (TPSA) is 92.6 Å². The molecule has 0 aliphatic rings. The molecule has 2 rings (SSSR count). The van der Waals surface area contributed by atoms with E-state index in [9.17, 15) is 9.90 Å². The number of aliphatic hydroxyl groups excluding tert-OH is 1. The first kappa shape index (κ1) is 15.2. The van der Waals surface area contributed by atoms with Crippen LogP contribution in [0.2, 0.25) is 0 Å². The monoisotopic (exact) mass is 293 g/mol. The van der Waals surface area contributed by atoms with Crippen molar-refractivity contribution in [2.75, 3.05) is 13.6 Å². The average molecular weight is 293 g/mol. The van der Waals surface area contributed by atoms with E-state index in [4.69, 9.17) is 8.94 Å². The van der Waals surface area contributed by atoms with Crippen molar-refractivity contribution in [3.8, 4) is 11.6 Å². The zero-order valence-corrected chi connectivity index (χ0v) is 12.2. The molecule has 0 saturated carbocycles. The van der Waals surface area contributed by atoms with Crippen LogP contribution in [0.25, 0.3) is 11.6 Å². The van der Waals surface area contributed by atoms with Gasteiger partial charge in [-0.3, -0.25) is 4.79 Å². The summed E-state index contributed by atoms with van der Waals surface area (Å²) < 4.78 is 10.3. The third kappa shape index (κ3) is 4.42. The first-order chi connectivity index (χ1) is 10.1. The smallest absolute Gasteiger partial charge is 0.238 e. The van der Waals surface area contributed by atoms with Gasteiger partial charge in [0.05, 0.1) is 12.4 Å². The normalized spacial score (nSPS) is 12.3. The molecule has 7 nitrogen and oxygen atoms in total. The van der Waals surface area contributed by atoms with Crippen molar-refractivity contribution in [2.45, 2.75) is 32.3 Å². The number of aromatic nitrogens is 2. The second-order valence-electron chi connectivity index (χ2n) is 4.94. The Bertz CT molecular complexity index is 563. The van der Waals surface area contributed by atoms with Crippen molar-refractivity contribution >= 4 is 5.91 Å². The summed E-state index contributed by atoms with van der Waals surface area (Å²) in [6.07, 6.45) is 2.35. The molecule has 7 heteroatoms. The minimum atomic E-state index is -0.410. The van der Waals surface area contributed by atoms with E-state index in [0.717, 1.165) is 0 Å². The van der Waals surface area contributed by atoms with Crippen molar-refractivity contribution in [3.05, 3.63) is 24.3 Å². The lowest BCUT2D eigenvalue weighted by Crippen LogP contribution is -2.29. The van der Waals surface area contributed by atoms with E-state index in [-0.39, 0.29) is 12.3 Å². The SMILES string of the molecule is CC(O)CCN(C)C(=O)CCc1nc(-c2ccco2)no1. The molecule has 0 aliphatic carbocycles. The van der Waals surface area contributed by atoms with Crippen molar-refractivity contribution in [1.29, 1.82) is 0 Å². The number of nitrogens with zero attached hydrogens (tertiary/aromatic N) is 3. The minimum absolute atomic E-state index is 0.0200. The van der Waals surface area contributed by atoms with Crippen LogP contribution in [-0.4, -0.2) is 45.8 Å². The summed E-state index contributed by atoms with van der Waals surface area (Å²) in [4.78, 5) is 17.7. The fourth-order valence-electron chi connectivity index (χ4n) is 1.77. The maximum atomic E-state index is 11.9. The van der Waals surface area contributed by atoms with Crippen molar-refractivity contribution < 1.29 is 18.8 Å². The number of carbonyl (C=O) groups is 1. The molecule has 0 aliphatic heterocycles. The molecule has 21 heavy (non-hydrogen) atoms. The van der Waals surface area contributed by atoms with Crippen LogP contribution < -0.4 is 0 Å². The second-order valence-corrected chi connectivity index (χ2v) is 4.94. The van der Waals surface area contributed by atoms with Crippen LogP contribution >= 0.6 is 0 Å². The number of amides is 1. The molecule has 0 fully saturated rings. The molecular formula is C14H19N3O4. The third-order valence-electron chi connectivity index (χ3n) is 3.07. The van der Waals surface area contributed by atoms with E-state index in [0.29, 0.717) is 36.9 Å². The fraction of sp³-hybridized carbons (Fsp3) is 0.500. The van der Waals surface area contributed by atoms with Gasteiger partial charge >= 0.3 is 0 Å². The van der Waals surface area contributed by atoms with Gasteiger partial charge in [-0.15, -0.1) is 0 Å². The summed E-state index contributed by atoms with van der Waals surface area (Å²) >= 11 is 0. The van der Waals surface area contributed by atoms with Gasteiger partial charge in [0, 0.05) is 26.4 Å². The molecule has 114 valence electrons. The van der Waals surface area contributed by atoms with Gasteiger partial charge in [0.15, 0.2) is 5.76 Å². The molecule has 1 N–H and O–H groups in total. The Balaban J connectivity index is 1.81. The van der Waals surface area contributed by atoms with Gasteiger partial charge in [0.2, 0.25) is 17.6 Å². The van der Waals surface area contributed by atoms with Crippen LogP contribution in [0.5, 0.6) is 0 Å². The summed E-state index contributed by atoms with van der Waals surface area (Å²) in [6, 6.07) is 3.48. The standard InChI is InChI=1S/C14H19N3O4/c1-10(18)7-8-17(2)13(19)6-5-12-15-14(16-21-12)11-4-3-9-20-11/h3-4,9-10,18H,5-8H2,1-2H3. The average Bonchev–Trinajstić information content (AvgIpc) is 3.12. The van der Waals surface area contributed by atoms with Gasteiger partial charge in [-0.25, -0.2) is 0 Å². The molecule has 2 aromatic rings. The fourth-order valence-corrected chi connectivity index (χ4v) is 1.77. The maximum absolute atomic E-state index is 11.9. The number of hydrogen-bond donors (Lipinski definition) is 1. The number of hydrogen-bond acceptors (Lipinski definition) is 6. The number of furan rings is 1. The highest BCUT2D eigenvalue weighted by Crippen LogP contribution is 2.16. The Morgan fingerprint density at radius 3 is 3.00 bits per heavy atom. The Hall–Kier alpha value is -2.15. The van der Waals surface area contributed by atoms with Crippen LogP contribution in [0.1, 0.15) is 25.7 Å². The summed E-state index contributed by atoms with van der Waals surface area (Å²) in [5, 5.41) is 13.0. The van der Waals surface area contributed by atoms with Crippen LogP contribution in [0.3, 0.4) is 0 Å². The van der Waals surface area contributed by atoms with Gasteiger partial charge in [-0.1, -0.05) is 5.16 Å². The van der Waals surface area contributed by atoms with Crippen molar-refractivity contribution in [2.24, 2.45) is 0 Å². The lowest BCUT2D eigenvalue weighted by atomic mass is 10.2. The van der Waals surface area contributed by atoms with E-state index in [1.807, 2.05) is 0 Å². The third-order valence-corrected chi connectivity index (χ3v) is 3.07. The molecule has 0 radical (unpaired) electrons. The van der Waals surface area contributed by atoms with E-state index in [1.165, 1.54) is 6.26 Å². The van der Waals surface area contributed by atoms with Crippen LogP contribution in [0.15, 0.2) is 27.3 Å². The summed E-state index contributed by atoms with van der Waals surface area (Å²) in [5.74, 6) is 1.29. The van der Waals surface area contributed by atoms with Gasteiger partial charge in [0.25, 0.3) is 0 Å². The van der Waals surface area contributed by atoms with Gasteiger partial charge in [-0.05, 0) is 25.5 Å².